The molecule has 4 aromatic rings. The monoisotopic (exact) mass is 392 g/mol. The highest BCUT2D eigenvalue weighted by Crippen LogP contribution is 2.38. The van der Waals surface area contributed by atoms with Crippen LogP contribution in [0.5, 0.6) is 0 Å². The molecule has 29 heavy (non-hydrogen) atoms. The number of rotatable bonds is 5. The molecule has 8 nitrogen and oxygen atoms in total. The average Bonchev–Trinajstić information content (AvgIpc) is 3.30. The fourth-order valence-corrected chi connectivity index (χ4v) is 3.12. The molecule has 1 N–H and O–H groups in total. The lowest BCUT2D eigenvalue weighted by molar-refractivity contribution is -0.115. The minimum atomic E-state index is -0.312. The summed E-state index contributed by atoms with van der Waals surface area (Å²) in [6.45, 7) is 1.64. The van der Waals surface area contributed by atoms with Gasteiger partial charge in [0.25, 0.3) is 5.89 Å². The molecule has 0 atom stereocenters. The Bertz CT molecular complexity index is 1230. The van der Waals surface area contributed by atoms with E-state index in [-0.39, 0.29) is 18.1 Å². The van der Waals surface area contributed by atoms with E-state index in [1.54, 1.807) is 29.7 Å². The number of pyridine rings is 1. The van der Waals surface area contributed by atoms with Crippen LogP contribution in [0, 0.1) is 12.7 Å². The minimum absolute atomic E-state index is 0.0311. The SMILES string of the molecule is Cc1cc(NC(=O)Cc2nnc3cc(-c4nc(C5CC5)no4)ccn23)ccc1F. The Morgan fingerprint density at radius 3 is 2.93 bits per heavy atom. The maximum absolute atomic E-state index is 13.4. The Labute approximate surface area is 164 Å². The molecule has 1 saturated carbocycles. The summed E-state index contributed by atoms with van der Waals surface area (Å²) < 4.78 is 20.4. The molecule has 0 unspecified atom stereocenters. The van der Waals surface area contributed by atoms with Crippen molar-refractivity contribution in [2.75, 3.05) is 5.32 Å². The number of amides is 1. The van der Waals surface area contributed by atoms with Crippen molar-refractivity contribution in [1.29, 1.82) is 0 Å². The third-order valence-electron chi connectivity index (χ3n) is 4.87. The van der Waals surface area contributed by atoms with E-state index >= 15 is 0 Å². The van der Waals surface area contributed by atoms with Crippen molar-refractivity contribution in [1.82, 2.24) is 24.7 Å². The van der Waals surface area contributed by atoms with Crippen molar-refractivity contribution in [3.63, 3.8) is 0 Å². The zero-order chi connectivity index (χ0) is 20.0. The van der Waals surface area contributed by atoms with Crippen LogP contribution in [0.2, 0.25) is 0 Å². The van der Waals surface area contributed by atoms with Crippen LogP contribution in [0.15, 0.2) is 41.1 Å². The van der Waals surface area contributed by atoms with Crippen LogP contribution in [-0.4, -0.2) is 30.6 Å². The summed E-state index contributed by atoms with van der Waals surface area (Å²) in [4.78, 5) is 16.8. The number of hydrogen-bond acceptors (Lipinski definition) is 6. The number of halogens is 1. The van der Waals surface area contributed by atoms with Gasteiger partial charge in [0, 0.05) is 23.4 Å². The smallest absolute Gasteiger partial charge is 0.258 e. The first kappa shape index (κ1) is 17.5. The van der Waals surface area contributed by atoms with Crippen molar-refractivity contribution in [3.8, 4) is 11.5 Å². The van der Waals surface area contributed by atoms with Gasteiger partial charge in [0.1, 0.15) is 11.6 Å². The van der Waals surface area contributed by atoms with Gasteiger partial charge in [0.05, 0.1) is 6.42 Å². The number of anilines is 1. The van der Waals surface area contributed by atoms with Crippen LogP contribution < -0.4 is 5.32 Å². The Morgan fingerprint density at radius 2 is 2.14 bits per heavy atom. The number of carbonyl (C=O) groups excluding carboxylic acids is 1. The molecule has 0 spiro atoms. The molecule has 9 heteroatoms. The molecule has 3 aromatic heterocycles. The van der Waals surface area contributed by atoms with Crippen LogP contribution in [0.1, 0.15) is 36.0 Å². The summed E-state index contributed by atoms with van der Waals surface area (Å²) in [6.07, 6.45) is 4.01. The Balaban J connectivity index is 1.33. The van der Waals surface area contributed by atoms with E-state index in [2.05, 4.69) is 25.7 Å². The van der Waals surface area contributed by atoms with E-state index in [0.29, 0.717) is 34.5 Å². The van der Waals surface area contributed by atoms with Gasteiger partial charge < -0.3 is 9.84 Å². The predicted molar refractivity (Wildman–Crippen MR) is 102 cm³/mol. The van der Waals surface area contributed by atoms with Crippen molar-refractivity contribution in [2.24, 2.45) is 0 Å². The molecule has 1 aromatic carbocycles. The molecule has 1 aliphatic rings. The second-order valence-corrected chi connectivity index (χ2v) is 7.18. The van der Waals surface area contributed by atoms with Crippen LogP contribution in [0.25, 0.3) is 17.1 Å². The molecule has 1 aliphatic carbocycles. The summed E-state index contributed by atoms with van der Waals surface area (Å²) in [5, 5.41) is 15.0. The zero-order valence-corrected chi connectivity index (χ0v) is 15.6. The van der Waals surface area contributed by atoms with Gasteiger partial charge in [-0.05, 0) is 55.7 Å². The Kier molecular flexibility index (Phi) is 4.08. The van der Waals surface area contributed by atoms with Gasteiger partial charge in [-0.1, -0.05) is 5.16 Å². The normalized spacial score (nSPS) is 13.7. The number of aromatic nitrogens is 5. The molecule has 3 heterocycles. The van der Waals surface area contributed by atoms with E-state index in [1.165, 1.54) is 12.1 Å². The van der Waals surface area contributed by atoms with Gasteiger partial charge in [-0.2, -0.15) is 4.98 Å². The number of carbonyl (C=O) groups is 1. The summed E-state index contributed by atoms with van der Waals surface area (Å²) in [6, 6.07) is 8.05. The predicted octanol–water partition coefficient (Wildman–Crippen LogP) is 3.29. The molecule has 1 fully saturated rings. The van der Waals surface area contributed by atoms with Crippen molar-refractivity contribution in [2.45, 2.75) is 32.1 Å². The lowest BCUT2D eigenvalue weighted by atomic mass is 10.2. The van der Waals surface area contributed by atoms with Gasteiger partial charge >= 0.3 is 0 Å². The van der Waals surface area contributed by atoms with Crippen molar-refractivity contribution in [3.05, 3.63) is 59.6 Å². The van der Waals surface area contributed by atoms with Crippen LogP contribution in [0.3, 0.4) is 0 Å². The number of hydrogen-bond donors (Lipinski definition) is 1. The quantitative estimate of drug-likeness (QED) is 0.560. The van der Waals surface area contributed by atoms with Crippen LogP contribution >= 0.6 is 0 Å². The summed E-state index contributed by atoms with van der Waals surface area (Å²) in [5.74, 6) is 1.53. The van der Waals surface area contributed by atoms with E-state index in [1.807, 2.05) is 6.07 Å². The molecule has 5 rings (SSSR count). The average molecular weight is 392 g/mol. The summed E-state index contributed by atoms with van der Waals surface area (Å²) in [5.41, 5.74) is 2.33. The van der Waals surface area contributed by atoms with E-state index in [0.717, 1.165) is 24.2 Å². The maximum atomic E-state index is 13.4. The molecule has 0 aliphatic heterocycles. The highest BCUT2D eigenvalue weighted by molar-refractivity contribution is 5.92. The highest BCUT2D eigenvalue weighted by Gasteiger charge is 2.29. The van der Waals surface area contributed by atoms with Crippen molar-refractivity contribution >= 4 is 17.2 Å². The van der Waals surface area contributed by atoms with Gasteiger partial charge in [0.2, 0.25) is 5.91 Å². The second kappa shape index (κ2) is 6.77. The molecule has 0 bridgehead atoms. The standard InChI is InChI=1S/C20H17FN6O2/c1-11-8-14(4-5-15(11)21)22-18(28)10-17-25-24-16-9-13(6-7-27(16)17)20-23-19(26-29-20)12-2-3-12/h4-9,12H,2-3,10H2,1H3,(H,22,28). The first-order chi connectivity index (χ1) is 14.1. The first-order valence-electron chi connectivity index (χ1n) is 9.30. The number of nitrogens with one attached hydrogen (secondary N) is 1. The highest BCUT2D eigenvalue weighted by atomic mass is 19.1. The van der Waals surface area contributed by atoms with Gasteiger partial charge in [-0.25, -0.2) is 4.39 Å². The molecule has 146 valence electrons. The molecule has 1 amide bonds. The molecule has 0 saturated heterocycles. The van der Waals surface area contributed by atoms with E-state index in [4.69, 9.17) is 4.52 Å². The zero-order valence-electron chi connectivity index (χ0n) is 15.6. The fourth-order valence-electron chi connectivity index (χ4n) is 3.12. The van der Waals surface area contributed by atoms with Crippen LogP contribution in [0.4, 0.5) is 10.1 Å². The van der Waals surface area contributed by atoms with E-state index in [9.17, 15) is 9.18 Å². The van der Waals surface area contributed by atoms with Crippen LogP contribution in [-0.2, 0) is 11.2 Å². The van der Waals surface area contributed by atoms with Gasteiger partial charge in [-0.15, -0.1) is 10.2 Å². The number of benzene rings is 1. The lowest BCUT2D eigenvalue weighted by Crippen LogP contribution is -2.16. The topological polar surface area (TPSA) is 98.2 Å². The van der Waals surface area contributed by atoms with Crippen molar-refractivity contribution < 1.29 is 13.7 Å². The van der Waals surface area contributed by atoms with Gasteiger partial charge in [0.15, 0.2) is 11.5 Å². The summed E-state index contributed by atoms with van der Waals surface area (Å²) >= 11 is 0. The minimum Gasteiger partial charge on any atom is -0.334 e. The van der Waals surface area contributed by atoms with E-state index < -0.39 is 0 Å². The Morgan fingerprint density at radius 1 is 1.28 bits per heavy atom. The second-order valence-electron chi connectivity index (χ2n) is 7.18. The largest absolute Gasteiger partial charge is 0.334 e. The number of fused-ring (bicyclic) bond motifs is 1. The number of aryl methyl sites for hydroxylation is 1. The molecular weight excluding hydrogens is 375 g/mol. The third kappa shape index (κ3) is 3.46. The van der Waals surface area contributed by atoms with Gasteiger partial charge in [-0.3, -0.25) is 9.20 Å². The summed E-state index contributed by atoms with van der Waals surface area (Å²) in [7, 11) is 0. The number of nitrogens with zero attached hydrogens (tertiary/aromatic N) is 5. The molecular formula is C20H17FN6O2. The maximum Gasteiger partial charge on any atom is 0.258 e. The molecule has 0 radical (unpaired) electrons. The first-order valence-corrected chi connectivity index (χ1v) is 9.30. The Hall–Kier alpha value is -3.62. The fraction of sp³-hybridized carbons (Fsp3) is 0.250. The lowest BCUT2D eigenvalue weighted by Gasteiger charge is -2.06. The third-order valence-corrected chi connectivity index (χ3v) is 4.87.